The zero-order valence-corrected chi connectivity index (χ0v) is 8.21. The molecule has 84 valence electrons. The molecule has 0 aromatic heterocycles. The molecule has 1 saturated heterocycles. The molecule has 1 fully saturated rings. The standard InChI is InChI=1S/C9H18O5/c1-5-2-7(11)8(12)6(3-10)4-14-9(5)13/h5-13H,2-4H2,1H3. The van der Waals surface area contributed by atoms with Crippen LogP contribution in [0.4, 0.5) is 0 Å². The summed E-state index contributed by atoms with van der Waals surface area (Å²) in [6, 6.07) is 0. The van der Waals surface area contributed by atoms with E-state index in [1.165, 1.54) is 0 Å². The number of aliphatic hydroxyl groups is 4. The molecule has 0 aromatic carbocycles. The van der Waals surface area contributed by atoms with E-state index in [1.807, 2.05) is 0 Å². The molecular formula is C9H18O5. The van der Waals surface area contributed by atoms with Gasteiger partial charge in [0.05, 0.1) is 25.4 Å². The minimum absolute atomic E-state index is 0.0558. The Kier molecular flexibility index (Phi) is 4.28. The van der Waals surface area contributed by atoms with Gasteiger partial charge in [0.2, 0.25) is 0 Å². The Balaban J connectivity index is 2.63. The largest absolute Gasteiger partial charge is 0.396 e. The molecule has 5 unspecified atom stereocenters. The Labute approximate surface area is 82.9 Å². The van der Waals surface area contributed by atoms with E-state index in [-0.39, 0.29) is 25.6 Å². The zero-order chi connectivity index (χ0) is 10.7. The van der Waals surface area contributed by atoms with Crippen LogP contribution in [-0.4, -0.2) is 52.1 Å². The Hall–Kier alpha value is -0.200. The van der Waals surface area contributed by atoms with E-state index in [4.69, 9.17) is 9.84 Å². The highest BCUT2D eigenvalue weighted by Crippen LogP contribution is 2.22. The second-order valence-corrected chi connectivity index (χ2v) is 3.94. The van der Waals surface area contributed by atoms with E-state index in [1.54, 1.807) is 6.92 Å². The van der Waals surface area contributed by atoms with Gasteiger partial charge in [-0.3, -0.25) is 0 Å². The average Bonchev–Trinajstić information content (AvgIpc) is 2.16. The van der Waals surface area contributed by atoms with Crippen molar-refractivity contribution in [2.24, 2.45) is 11.8 Å². The maximum atomic E-state index is 9.57. The Morgan fingerprint density at radius 2 is 1.93 bits per heavy atom. The second-order valence-electron chi connectivity index (χ2n) is 3.94. The van der Waals surface area contributed by atoms with Crippen molar-refractivity contribution in [3.8, 4) is 0 Å². The highest BCUT2D eigenvalue weighted by Gasteiger charge is 2.32. The van der Waals surface area contributed by atoms with Crippen LogP contribution >= 0.6 is 0 Å². The lowest BCUT2D eigenvalue weighted by Crippen LogP contribution is -2.43. The van der Waals surface area contributed by atoms with E-state index >= 15 is 0 Å². The summed E-state index contributed by atoms with van der Waals surface area (Å²) < 4.78 is 5.04. The van der Waals surface area contributed by atoms with Gasteiger partial charge in [-0.2, -0.15) is 0 Å². The van der Waals surface area contributed by atoms with Crippen LogP contribution in [0.25, 0.3) is 0 Å². The fraction of sp³-hybridized carbons (Fsp3) is 1.00. The zero-order valence-electron chi connectivity index (χ0n) is 8.21. The minimum Gasteiger partial charge on any atom is -0.396 e. The normalized spacial score (nSPS) is 45.6. The molecule has 5 heteroatoms. The molecule has 5 nitrogen and oxygen atoms in total. The first-order valence-electron chi connectivity index (χ1n) is 4.83. The number of rotatable bonds is 1. The molecule has 1 heterocycles. The highest BCUT2D eigenvalue weighted by molar-refractivity contribution is 4.80. The van der Waals surface area contributed by atoms with Crippen molar-refractivity contribution < 1.29 is 25.2 Å². The van der Waals surface area contributed by atoms with E-state index in [2.05, 4.69) is 0 Å². The van der Waals surface area contributed by atoms with Crippen molar-refractivity contribution in [2.45, 2.75) is 31.8 Å². The van der Waals surface area contributed by atoms with Gasteiger partial charge in [-0.1, -0.05) is 6.92 Å². The molecular weight excluding hydrogens is 188 g/mol. The minimum atomic E-state index is -0.991. The quantitative estimate of drug-likeness (QED) is 0.428. The third-order valence-electron chi connectivity index (χ3n) is 2.69. The highest BCUT2D eigenvalue weighted by atomic mass is 16.6. The molecule has 0 spiro atoms. The molecule has 1 aliphatic heterocycles. The van der Waals surface area contributed by atoms with E-state index in [0.29, 0.717) is 0 Å². The summed E-state index contributed by atoms with van der Waals surface area (Å²) in [5.41, 5.74) is 0. The lowest BCUT2D eigenvalue weighted by Gasteiger charge is -2.32. The monoisotopic (exact) mass is 206 g/mol. The first-order chi connectivity index (χ1) is 6.56. The van der Waals surface area contributed by atoms with Crippen LogP contribution in [0.15, 0.2) is 0 Å². The van der Waals surface area contributed by atoms with Crippen molar-refractivity contribution >= 4 is 0 Å². The van der Waals surface area contributed by atoms with Crippen LogP contribution in [0.1, 0.15) is 13.3 Å². The molecule has 4 N–H and O–H groups in total. The van der Waals surface area contributed by atoms with Gasteiger partial charge in [-0.05, 0) is 6.42 Å². The van der Waals surface area contributed by atoms with Crippen molar-refractivity contribution in [1.29, 1.82) is 0 Å². The summed E-state index contributed by atoms with van der Waals surface area (Å²) in [5.74, 6) is -0.758. The smallest absolute Gasteiger partial charge is 0.157 e. The molecule has 0 saturated carbocycles. The fourth-order valence-electron chi connectivity index (χ4n) is 1.60. The van der Waals surface area contributed by atoms with Crippen LogP contribution in [0.5, 0.6) is 0 Å². The summed E-state index contributed by atoms with van der Waals surface area (Å²) in [4.78, 5) is 0. The van der Waals surface area contributed by atoms with Crippen LogP contribution in [-0.2, 0) is 4.74 Å². The van der Waals surface area contributed by atoms with Crippen LogP contribution in [0.3, 0.4) is 0 Å². The summed E-state index contributed by atoms with van der Waals surface area (Å²) in [6.07, 6.45) is -2.58. The number of ether oxygens (including phenoxy) is 1. The van der Waals surface area contributed by atoms with Crippen LogP contribution in [0, 0.1) is 11.8 Å². The van der Waals surface area contributed by atoms with E-state index in [0.717, 1.165) is 0 Å². The Morgan fingerprint density at radius 1 is 1.29 bits per heavy atom. The predicted molar refractivity (Wildman–Crippen MR) is 48.3 cm³/mol. The first kappa shape index (κ1) is 11.9. The molecule has 1 aliphatic rings. The molecule has 0 aliphatic carbocycles. The molecule has 0 radical (unpaired) electrons. The summed E-state index contributed by atoms with van der Waals surface area (Å²) in [7, 11) is 0. The van der Waals surface area contributed by atoms with Gasteiger partial charge < -0.3 is 25.2 Å². The molecule has 0 bridgehead atoms. The van der Waals surface area contributed by atoms with Gasteiger partial charge in [0.1, 0.15) is 0 Å². The van der Waals surface area contributed by atoms with Crippen LogP contribution in [0.2, 0.25) is 0 Å². The van der Waals surface area contributed by atoms with Gasteiger partial charge in [-0.25, -0.2) is 0 Å². The van der Waals surface area contributed by atoms with Crippen molar-refractivity contribution in [2.75, 3.05) is 13.2 Å². The van der Waals surface area contributed by atoms with Crippen molar-refractivity contribution in [1.82, 2.24) is 0 Å². The summed E-state index contributed by atoms with van der Waals surface area (Å²) in [5, 5.41) is 37.4. The van der Waals surface area contributed by atoms with E-state index in [9.17, 15) is 15.3 Å². The summed E-state index contributed by atoms with van der Waals surface area (Å²) >= 11 is 0. The number of aliphatic hydroxyl groups excluding tert-OH is 4. The van der Waals surface area contributed by atoms with E-state index < -0.39 is 24.4 Å². The number of hydrogen-bond donors (Lipinski definition) is 4. The first-order valence-corrected chi connectivity index (χ1v) is 4.83. The molecule has 0 aromatic rings. The maximum absolute atomic E-state index is 9.57. The third kappa shape index (κ3) is 2.65. The molecule has 1 rings (SSSR count). The molecule has 5 atom stereocenters. The lowest BCUT2D eigenvalue weighted by molar-refractivity contribution is -0.183. The average molecular weight is 206 g/mol. The number of hydrogen-bond acceptors (Lipinski definition) is 5. The Bertz CT molecular complexity index is 175. The maximum Gasteiger partial charge on any atom is 0.157 e. The van der Waals surface area contributed by atoms with Gasteiger partial charge in [0.15, 0.2) is 6.29 Å². The fourth-order valence-corrected chi connectivity index (χ4v) is 1.60. The third-order valence-corrected chi connectivity index (χ3v) is 2.69. The topological polar surface area (TPSA) is 90.2 Å². The molecule has 0 amide bonds. The predicted octanol–water partition coefficient (Wildman–Crippen LogP) is -1.31. The van der Waals surface area contributed by atoms with Gasteiger partial charge in [0.25, 0.3) is 0 Å². The van der Waals surface area contributed by atoms with Gasteiger partial charge >= 0.3 is 0 Å². The van der Waals surface area contributed by atoms with Crippen molar-refractivity contribution in [3.63, 3.8) is 0 Å². The SMILES string of the molecule is CC1CC(O)C(O)C(CO)COC1O. The van der Waals surface area contributed by atoms with Gasteiger partial charge in [-0.15, -0.1) is 0 Å². The van der Waals surface area contributed by atoms with Gasteiger partial charge in [0, 0.05) is 11.8 Å². The lowest BCUT2D eigenvalue weighted by atomic mass is 9.91. The Morgan fingerprint density at radius 3 is 2.50 bits per heavy atom. The van der Waals surface area contributed by atoms with Crippen LogP contribution < -0.4 is 0 Å². The molecule has 14 heavy (non-hydrogen) atoms. The van der Waals surface area contributed by atoms with Crippen molar-refractivity contribution in [3.05, 3.63) is 0 Å². The summed E-state index contributed by atoms with van der Waals surface area (Å²) in [6.45, 7) is 1.53. The second kappa shape index (κ2) is 5.04.